The number of hydrogen-bond acceptors (Lipinski definition) is 6. The third kappa shape index (κ3) is 4.14. The number of aliphatic imine (C=N–C) groups is 1. The van der Waals surface area contributed by atoms with Gasteiger partial charge in [0.15, 0.2) is 17.2 Å². The Bertz CT molecular complexity index is 936. The van der Waals surface area contributed by atoms with E-state index in [1.807, 2.05) is 13.0 Å². The van der Waals surface area contributed by atoms with Crippen molar-refractivity contribution >= 4 is 33.9 Å². The molecule has 0 aliphatic carbocycles. The van der Waals surface area contributed by atoms with E-state index in [-0.39, 0.29) is 11.6 Å². The summed E-state index contributed by atoms with van der Waals surface area (Å²) >= 11 is 3.47. The first-order valence-corrected chi connectivity index (χ1v) is 9.02. The lowest BCUT2D eigenvalue weighted by molar-refractivity contribution is -0.129. The van der Waals surface area contributed by atoms with Gasteiger partial charge >= 0.3 is 5.97 Å². The summed E-state index contributed by atoms with van der Waals surface area (Å²) in [5.74, 6) is 1.54. The molecule has 0 saturated heterocycles. The van der Waals surface area contributed by atoms with Crippen LogP contribution in [-0.4, -0.2) is 32.7 Å². The topological polar surface area (TPSA) is 66.3 Å². The quantitative estimate of drug-likeness (QED) is 0.506. The lowest BCUT2D eigenvalue weighted by atomic mass is 10.1. The van der Waals surface area contributed by atoms with E-state index in [0.717, 1.165) is 10.0 Å². The molecule has 0 N–H and O–H groups in total. The van der Waals surface area contributed by atoms with Crippen molar-refractivity contribution in [1.29, 1.82) is 0 Å². The molecule has 0 radical (unpaired) electrons. The number of ether oxygens (including phenoxy) is 4. The molecule has 6 nitrogen and oxygen atoms in total. The van der Waals surface area contributed by atoms with Crippen molar-refractivity contribution in [1.82, 2.24) is 0 Å². The van der Waals surface area contributed by atoms with Crippen LogP contribution >= 0.6 is 15.9 Å². The number of carbonyl (C=O) groups is 1. The summed E-state index contributed by atoms with van der Waals surface area (Å²) in [6.07, 6.45) is 1.64. The molecule has 0 amide bonds. The molecular formula is C20H18BrNO5. The van der Waals surface area contributed by atoms with Gasteiger partial charge in [0.05, 0.1) is 25.3 Å². The summed E-state index contributed by atoms with van der Waals surface area (Å²) in [5.41, 5.74) is 1.59. The molecule has 0 bridgehead atoms. The van der Waals surface area contributed by atoms with E-state index in [2.05, 4.69) is 20.9 Å². The average molecular weight is 432 g/mol. The Kier molecular flexibility index (Phi) is 5.81. The minimum atomic E-state index is -0.517. The standard InChI is InChI=1S/C20H18BrNO5/c1-4-26-18-15(21)8-12(10-17(18)25-3)9-16-20(23)27-19(22-16)13-6-5-7-14(11-13)24-2/h5-11H,4H2,1-3H3/b16-9-. The highest BCUT2D eigenvalue weighted by Gasteiger charge is 2.24. The summed E-state index contributed by atoms with van der Waals surface area (Å²) in [5, 5.41) is 0. The van der Waals surface area contributed by atoms with Crippen LogP contribution in [-0.2, 0) is 9.53 Å². The summed E-state index contributed by atoms with van der Waals surface area (Å²) in [6.45, 7) is 2.40. The van der Waals surface area contributed by atoms with Crippen LogP contribution in [0.2, 0.25) is 0 Å². The average Bonchev–Trinajstić information content (AvgIpc) is 3.04. The van der Waals surface area contributed by atoms with E-state index in [4.69, 9.17) is 18.9 Å². The first kappa shape index (κ1) is 19.0. The zero-order chi connectivity index (χ0) is 19.4. The third-order valence-electron chi connectivity index (χ3n) is 3.78. The normalized spacial score (nSPS) is 14.7. The van der Waals surface area contributed by atoms with Crippen molar-refractivity contribution in [3.63, 3.8) is 0 Å². The number of hydrogen-bond donors (Lipinski definition) is 0. The number of nitrogens with zero attached hydrogens (tertiary/aromatic N) is 1. The Hall–Kier alpha value is -2.80. The molecule has 140 valence electrons. The van der Waals surface area contributed by atoms with Crippen molar-refractivity contribution in [2.24, 2.45) is 4.99 Å². The van der Waals surface area contributed by atoms with Gasteiger partial charge in [-0.2, -0.15) is 0 Å². The van der Waals surface area contributed by atoms with Crippen molar-refractivity contribution < 1.29 is 23.7 Å². The molecule has 0 fully saturated rings. The SMILES string of the molecule is CCOc1c(Br)cc(/C=C2\N=C(c3cccc(OC)c3)OC2=O)cc1OC. The van der Waals surface area contributed by atoms with Gasteiger partial charge in [-0.1, -0.05) is 6.07 Å². The highest BCUT2D eigenvalue weighted by molar-refractivity contribution is 9.10. The third-order valence-corrected chi connectivity index (χ3v) is 4.37. The van der Waals surface area contributed by atoms with E-state index in [1.165, 1.54) is 0 Å². The Morgan fingerprint density at radius 1 is 1.19 bits per heavy atom. The lowest BCUT2D eigenvalue weighted by Gasteiger charge is -2.12. The number of esters is 1. The van der Waals surface area contributed by atoms with E-state index in [1.54, 1.807) is 50.6 Å². The molecule has 2 aromatic rings. The first-order chi connectivity index (χ1) is 13.0. The number of cyclic esters (lactones) is 1. The Morgan fingerprint density at radius 3 is 2.70 bits per heavy atom. The molecule has 7 heteroatoms. The maximum atomic E-state index is 12.2. The largest absolute Gasteiger partial charge is 0.497 e. The molecule has 27 heavy (non-hydrogen) atoms. The molecule has 1 heterocycles. The Balaban J connectivity index is 1.96. The number of rotatable bonds is 6. The molecule has 0 spiro atoms. The lowest BCUT2D eigenvalue weighted by Crippen LogP contribution is -2.05. The van der Waals surface area contributed by atoms with Crippen LogP contribution in [0.5, 0.6) is 17.2 Å². The maximum Gasteiger partial charge on any atom is 0.363 e. The molecule has 1 aliphatic heterocycles. The van der Waals surface area contributed by atoms with Crippen LogP contribution in [0.4, 0.5) is 0 Å². The zero-order valence-corrected chi connectivity index (χ0v) is 16.7. The van der Waals surface area contributed by atoms with Gasteiger partial charge in [0.2, 0.25) is 5.90 Å². The number of methoxy groups -OCH3 is 2. The van der Waals surface area contributed by atoms with Crippen LogP contribution in [0.1, 0.15) is 18.1 Å². The van der Waals surface area contributed by atoms with Gasteiger partial charge in [-0.3, -0.25) is 0 Å². The second kappa shape index (κ2) is 8.26. The second-order valence-corrected chi connectivity index (χ2v) is 6.39. The predicted molar refractivity (Wildman–Crippen MR) is 105 cm³/mol. The summed E-state index contributed by atoms with van der Waals surface area (Å²) in [6, 6.07) is 10.8. The van der Waals surface area contributed by atoms with Crippen LogP contribution in [0.15, 0.2) is 51.6 Å². The summed E-state index contributed by atoms with van der Waals surface area (Å²) < 4.78 is 22.2. The minimum Gasteiger partial charge on any atom is -0.497 e. The fraction of sp³-hybridized carbons (Fsp3) is 0.200. The number of carbonyl (C=O) groups excluding carboxylic acids is 1. The monoisotopic (exact) mass is 431 g/mol. The van der Waals surface area contributed by atoms with Gasteiger partial charge in [0.1, 0.15) is 5.75 Å². The van der Waals surface area contributed by atoms with Crippen LogP contribution < -0.4 is 14.2 Å². The smallest absolute Gasteiger partial charge is 0.363 e. The molecule has 0 saturated carbocycles. The maximum absolute atomic E-state index is 12.2. The second-order valence-electron chi connectivity index (χ2n) is 5.54. The van der Waals surface area contributed by atoms with Gasteiger partial charge in [-0.05, 0) is 64.8 Å². The number of halogens is 1. The van der Waals surface area contributed by atoms with E-state index >= 15 is 0 Å². The van der Waals surface area contributed by atoms with Crippen molar-refractivity contribution in [2.75, 3.05) is 20.8 Å². The van der Waals surface area contributed by atoms with Crippen LogP contribution in [0, 0.1) is 0 Å². The fourth-order valence-corrected chi connectivity index (χ4v) is 3.13. The van der Waals surface area contributed by atoms with Gasteiger partial charge in [0.25, 0.3) is 0 Å². The van der Waals surface area contributed by atoms with Crippen molar-refractivity contribution in [3.05, 3.63) is 57.7 Å². The molecule has 0 atom stereocenters. The molecule has 0 aromatic heterocycles. The van der Waals surface area contributed by atoms with Crippen LogP contribution in [0.25, 0.3) is 6.08 Å². The zero-order valence-electron chi connectivity index (χ0n) is 15.1. The van der Waals surface area contributed by atoms with Crippen LogP contribution in [0.3, 0.4) is 0 Å². The Morgan fingerprint density at radius 2 is 2.00 bits per heavy atom. The van der Waals surface area contributed by atoms with Gasteiger partial charge in [0, 0.05) is 5.56 Å². The van der Waals surface area contributed by atoms with Gasteiger partial charge in [-0.25, -0.2) is 9.79 Å². The highest BCUT2D eigenvalue weighted by Crippen LogP contribution is 2.37. The minimum absolute atomic E-state index is 0.200. The van der Waals surface area contributed by atoms with E-state index < -0.39 is 5.97 Å². The molecule has 3 rings (SSSR count). The van der Waals surface area contributed by atoms with Crippen molar-refractivity contribution in [3.8, 4) is 17.2 Å². The summed E-state index contributed by atoms with van der Waals surface area (Å²) in [4.78, 5) is 16.5. The van der Waals surface area contributed by atoms with E-state index in [0.29, 0.717) is 29.4 Å². The van der Waals surface area contributed by atoms with Gasteiger partial charge in [-0.15, -0.1) is 0 Å². The highest BCUT2D eigenvalue weighted by atomic mass is 79.9. The number of benzene rings is 2. The van der Waals surface area contributed by atoms with Gasteiger partial charge < -0.3 is 18.9 Å². The predicted octanol–water partition coefficient (Wildman–Crippen LogP) is 4.21. The molecular weight excluding hydrogens is 414 g/mol. The fourth-order valence-electron chi connectivity index (χ4n) is 2.55. The van der Waals surface area contributed by atoms with E-state index in [9.17, 15) is 4.79 Å². The molecule has 1 aliphatic rings. The molecule has 2 aromatic carbocycles. The Labute approximate surface area is 165 Å². The first-order valence-electron chi connectivity index (χ1n) is 8.23. The summed E-state index contributed by atoms with van der Waals surface area (Å²) in [7, 11) is 3.13. The van der Waals surface area contributed by atoms with Crippen molar-refractivity contribution in [2.45, 2.75) is 6.92 Å². The molecule has 0 unspecified atom stereocenters.